The summed E-state index contributed by atoms with van der Waals surface area (Å²) in [6.45, 7) is -0.536. The van der Waals surface area contributed by atoms with Crippen molar-refractivity contribution in [3.63, 3.8) is 0 Å². The van der Waals surface area contributed by atoms with Gasteiger partial charge in [0.15, 0.2) is 0 Å². The zero-order valence-electron chi connectivity index (χ0n) is 21.0. The lowest BCUT2D eigenvalue weighted by atomic mass is 9.84. The molecule has 0 aromatic heterocycles. The number of alkyl carbamates (subject to hydrolysis) is 1. The van der Waals surface area contributed by atoms with Crippen LogP contribution in [0.25, 0.3) is 0 Å². The van der Waals surface area contributed by atoms with Crippen molar-refractivity contribution in [1.29, 1.82) is 10.8 Å². The van der Waals surface area contributed by atoms with Crippen LogP contribution in [0.4, 0.5) is 4.79 Å². The maximum atomic E-state index is 13.4. The Bertz CT molecular complexity index is 1120. The SMILES string of the molecule is COC(=O)CC[C@](Cc1cccc(C(=N)N)c1)(NC(=O)OC)C(=O)NCC(=O)NC/C(S)=N/C=C/C(=N)N. The van der Waals surface area contributed by atoms with Gasteiger partial charge >= 0.3 is 12.1 Å². The number of carbonyl (C=O) groups excluding carboxylic acids is 4. The molecule has 0 fully saturated rings. The number of rotatable bonds is 14. The number of nitrogen functional groups attached to an aromatic ring is 1. The molecule has 3 amide bonds. The first-order valence-electron chi connectivity index (χ1n) is 11.1. The highest BCUT2D eigenvalue weighted by atomic mass is 32.1. The first-order chi connectivity index (χ1) is 17.9. The highest BCUT2D eigenvalue weighted by molar-refractivity contribution is 7.97. The molecule has 0 aliphatic carbocycles. The lowest BCUT2D eigenvalue weighted by Crippen LogP contribution is -2.61. The van der Waals surface area contributed by atoms with Crippen molar-refractivity contribution in [3.8, 4) is 0 Å². The van der Waals surface area contributed by atoms with Crippen molar-refractivity contribution in [2.45, 2.75) is 24.8 Å². The Kier molecular flexibility index (Phi) is 13.0. The molecule has 0 saturated heterocycles. The van der Waals surface area contributed by atoms with E-state index in [1.54, 1.807) is 24.3 Å². The maximum absolute atomic E-state index is 13.4. The third-order valence-corrected chi connectivity index (χ3v) is 5.29. The smallest absolute Gasteiger partial charge is 0.407 e. The molecular formula is C23H32N8O6S. The van der Waals surface area contributed by atoms with E-state index < -0.39 is 36.0 Å². The molecule has 0 heterocycles. The third-order valence-electron chi connectivity index (χ3n) is 5.02. The number of aliphatic imine (C=N–C) groups is 1. The minimum atomic E-state index is -1.73. The fourth-order valence-electron chi connectivity index (χ4n) is 3.13. The van der Waals surface area contributed by atoms with Crippen LogP contribution in [0.3, 0.4) is 0 Å². The predicted molar refractivity (Wildman–Crippen MR) is 144 cm³/mol. The summed E-state index contributed by atoms with van der Waals surface area (Å²) in [7, 11) is 2.30. The largest absolute Gasteiger partial charge is 0.469 e. The van der Waals surface area contributed by atoms with E-state index in [9.17, 15) is 19.2 Å². The molecule has 0 spiro atoms. The summed E-state index contributed by atoms with van der Waals surface area (Å²) in [6, 6.07) is 6.46. The van der Waals surface area contributed by atoms with Crippen LogP contribution in [0.15, 0.2) is 41.5 Å². The standard InChI is InChI=1S/C23H32N8O6S/c1-36-19(33)6-8-23(31-22(35)37-2,11-14-4-3-5-15(10-14)20(26)27)21(34)30-12-17(32)29-13-18(38)28-9-7-16(24)25/h3-5,7,9-10H,6,8,11-13H2,1-2H3,(H3,24,25)(H3,26,27)(H,28,38)(H,29,32)(H,30,34)(H,31,35)/b9-7+/t23-/m1/s1. The first kappa shape index (κ1) is 31.6. The molecule has 14 nitrogen and oxygen atoms in total. The van der Waals surface area contributed by atoms with Crippen LogP contribution in [0.1, 0.15) is 24.0 Å². The Morgan fingerprint density at radius 3 is 2.42 bits per heavy atom. The van der Waals surface area contributed by atoms with Gasteiger partial charge in [0.2, 0.25) is 11.8 Å². The number of amidine groups is 2. The number of esters is 1. The molecule has 9 N–H and O–H groups in total. The molecule has 15 heteroatoms. The van der Waals surface area contributed by atoms with Crippen LogP contribution < -0.4 is 27.4 Å². The van der Waals surface area contributed by atoms with Crippen LogP contribution in [-0.2, 0) is 30.3 Å². The minimum absolute atomic E-state index is 0.0637. The summed E-state index contributed by atoms with van der Waals surface area (Å²) in [6.07, 6.45) is 0.985. The summed E-state index contributed by atoms with van der Waals surface area (Å²) in [5.41, 5.74) is 9.93. The monoisotopic (exact) mass is 548 g/mol. The molecule has 0 saturated carbocycles. The van der Waals surface area contributed by atoms with E-state index in [0.717, 1.165) is 7.11 Å². The van der Waals surface area contributed by atoms with Gasteiger partial charge in [-0.2, -0.15) is 0 Å². The molecule has 0 bridgehead atoms. The average molecular weight is 549 g/mol. The van der Waals surface area contributed by atoms with Crippen LogP contribution in [0.5, 0.6) is 0 Å². The Balaban J connectivity index is 3.14. The van der Waals surface area contributed by atoms with Crippen molar-refractivity contribution in [2.24, 2.45) is 16.5 Å². The van der Waals surface area contributed by atoms with E-state index in [-0.39, 0.29) is 42.5 Å². The van der Waals surface area contributed by atoms with Gasteiger partial charge in [0, 0.05) is 24.6 Å². The highest BCUT2D eigenvalue weighted by Gasteiger charge is 2.41. The summed E-state index contributed by atoms with van der Waals surface area (Å²) < 4.78 is 9.38. The fraction of sp³-hybridized carbons (Fsp3) is 0.348. The molecule has 0 aliphatic rings. The number of carbonyl (C=O) groups is 4. The lowest BCUT2D eigenvalue weighted by Gasteiger charge is -2.33. The van der Waals surface area contributed by atoms with Gasteiger partial charge < -0.3 is 36.9 Å². The average Bonchev–Trinajstić information content (AvgIpc) is 2.88. The molecule has 0 unspecified atom stereocenters. The van der Waals surface area contributed by atoms with Gasteiger partial charge in [0.1, 0.15) is 17.2 Å². The molecular weight excluding hydrogens is 516 g/mol. The maximum Gasteiger partial charge on any atom is 0.407 e. The second kappa shape index (κ2) is 15.7. The predicted octanol–water partition coefficient (Wildman–Crippen LogP) is -0.428. The minimum Gasteiger partial charge on any atom is -0.469 e. The van der Waals surface area contributed by atoms with Crippen molar-refractivity contribution in [2.75, 3.05) is 27.3 Å². The van der Waals surface area contributed by atoms with Crippen LogP contribution in [0.2, 0.25) is 0 Å². The topological polar surface area (TPSA) is 235 Å². The normalized spacial score (nSPS) is 12.7. The second-order valence-corrected chi connectivity index (χ2v) is 8.36. The number of benzene rings is 1. The molecule has 1 atom stereocenters. The van der Waals surface area contributed by atoms with Crippen molar-refractivity contribution in [1.82, 2.24) is 16.0 Å². The van der Waals surface area contributed by atoms with E-state index in [1.807, 2.05) is 0 Å². The number of nitrogens with zero attached hydrogens (tertiary/aromatic N) is 1. The van der Waals surface area contributed by atoms with Crippen LogP contribution >= 0.6 is 12.6 Å². The van der Waals surface area contributed by atoms with Gasteiger partial charge in [0.05, 0.1) is 32.4 Å². The van der Waals surface area contributed by atoms with Crippen LogP contribution in [-0.4, -0.2) is 73.4 Å². The van der Waals surface area contributed by atoms with Crippen molar-refractivity contribution >= 4 is 53.2 Å². The van der Waals surface area contributed by atoms with E-state index in [1.165, 1.54) is 19.4 Å². The number of methoxy groups -OCH3 is 2. The number of thiol groups is 1. The van der Waals surface area contributed by atoms with Gasteiger partial charge in [-0.05, 0) is 24.1 Å². The molecule has 206 valence electrons. The number of nitrogens with two attached hydrogens (primary N) is 2. The van der Waals surface area contributed by atoms with Crippen molar-refractivity contribution < 1.29 is 28.7 Å². The second-order valence-electron chi connectivity index (χ2n) is 7.84. The third kappa shape index (κ3) is 11.1. The summed E-state index contributed by atoms with van der Waals surface area (Å²) >= 11 is 4.10. The number of hydrogen-bond donors (Lipinski definition) is 8. The summed E-state index contributed by atoms with van der Waals surface area (Å²) in [5, 5.41) is 22.4. The number of nitrogens with one attached hydrogen (secondary N) is 5. The molecule has 1 rings (SSSR count). The van der Waals surface area contributed by atoms with Gasteiger partial charge in [-0.15, -0.1) is 12.6 Å². The zero-order valence-corrected chi connectivity index (χ0v) is 21.9. The highest BCUT2D eigenvalue weighted by Crippen LogP contribution is 2.22. The van der Waals surface area contributed by atoms with Gasteiger partial charge in [0.25, 0.3) is 0 Å². The number of amides is 3. The van der Waals surface area contributed by atoms with Gasteiger partial charge in [-0.25, -0.2) is 4.79 Å². The number of ether oxygens (including phenoxy) is 2. The zero-order chi connectivity index (χ0) is 28.7. The number of hydrogen-bond acceptors (Lipinski definition) is 9. The molecule has 1 aromatic rings. The van der Waals surface area contributed by atoms with E-state index in [0.29, 0.717) is 11.1 Å². The van der Waals surface area contributed by atoms with Gasteiger partial charge in [-0.3, -0.25) is 30.2 Å². The molecule has 0 radical (unpaired) electrons. The van der Waals surface area contributed by atoms with Crippen molar-refractivity contribution in [3.05, 3.63) is 47.7 Å². The molecule has 1 aromatic carbocycles. The van der Waals surface area contributed by atoms with Crippen LogP contribution in [0, 0.1) is 10.8 Å². The quantitative estimate of drug-likeness (QED) is 0.0655. The van der Waals surface area contributed by atoms with E-state index >= 15 is 0 Å². The Hall–Kier alpha value is -4.40. The lowest BCUT2D eigenvalue weighted by molar-refractivity contribution is -0.141. The Labute approximate surface area is 225 Å². The van der Waals surface area contributed by atoms with E-state index in [2.05, 4.69) is 38.3 Å². The molecule has 38 heavy (non-hydrogen) atoms. The summed E-state index contributed by atoms with van der Waals surface area (Å²) in [5.74, 6) is -2.37. The fourth-order valence-corrected chi connectivity index (χ4v) is 3.27. The first-order valence-corrected chi connectivity index (χ1v) is 11.5. The van der Waals surface area contributed by atoms with E-state index in [4.69, 9.17) is 27.0 Å². The Morgan fingerprint density at radius 1 is 1.11 bits per heavy atom. The Morgan fingerprint density at radius 2 is 1.82 bits per heavy atom. The summed E-state index contributed by atoms with van der Waals surface area (Å²) in [4.78, 5) is 53.8. The molecule has 0 aliphatic heterocycles. The van der Waals surface area contributed by atoms with Gasteiger partial charge in [-0.1, -0.05) is 18.2 Å².